The Morgan fingerprint density at radius 1 is 0.833 bits per heavy atom. The number of nitrogens with zero attached hydrogens (tertiary/aromatic N) is 3. The van der Waals surface area contributed by atoms with E-state index in [1.165, 1.54) is 4.90 Å². The molecule has 0 fully saturated rings. The van der Waals surface area contributed by atoms with Crippen molar-refractivity contribution in [2.75, 3.05) is 4.90 Å². The first kappa shape index (κ1) is 23.1. The molecule has 6 heteroatoms. The molecular weight excluding hydrogens is 450 g/mol. The Morgan fingerprint density at radius 3 is 2.14 bits per heavy atom. The van der Waals surface area contributed by atoms with Gasteiger partial charge in [-0.1, -0.05) is 97.1 Å². The number of hydrogen-bond acceptors (Lipinski definition) is 3. The number of carbonyl (C=O) groups is 2. The lowest BCUT2D eigenvalue weighted by Crippen LogP contribution is -2.43. The number of rotatable bonds is 9. The maximum atomic E-state index is 12.4. The first-order valence-electron chi connectivity index (χ1n) is 11.7. The van der Waals surface area contributed by atoms with Crippen LogP contribution in [0.3, 0.4) is 0 Å². The van der Waals surface area contributed by atoms with Crippen LogP contribution in [-0.2, 0) is 22.6 Å². The second-order valence-corrected chi connectivity index (χ2v) is 8.65. The number of anilines is 1. The van der Waals surface area contributed by atoms with E-state index in [1.807, 2.05) is 97.1 Å². The van der Waals surface area contributed by atoms with E-state index in [2.05, 4.69) is 6.07 Å². The van der Waals surface area contributed by atoms with Crippen molar-refractivity contribution in [2.45, 2.75) is 19.0 Å². The van der Waals surface area contributed by atoms with Crippen LogP contribution in [-0.4, -0.2) is 33.3 Å². The molecule has 5 rings (SSSR count). The van der Waals surface area contributed by atoms with Crippen molar-refractivity contribution in [3.63, 3.8) is 0 Å². The minimum absolute atomic E-state index is 0.177. The zero-order valence-electron chi connectivity index (χ0n) is 19.6. The summed E-state index contributed by atoms with van der Waals surface area (Å²) < 4.78 is 1.70. The molecule has 4 aromatic carbocycles. The van der Waals surface area contributed by atoms with E-state index in [-0.39, 0.29) is 6.42 Å². The number of carbonyl (C=O) groups excluding carboxylic acids is 1. The zero-order valence-corrected chi connectivity index (χ0v) is 19.6. The summed E-state index contributed by atoms with van der Waals surface area (Å²) in [5.41, 5.74) is 3.39. The van der Waals surface area contributed by atoms with Crippen LogP contribution in [0.25, 0.3) is 22.0 Å². The van der Waals surface area contributed by atoms with Crippen molar-refractivity contribution in [1.82, 2.24) is 9.78 Å². The fourth-order valence-electron chi connectivity index (χ4n) is 4.41. The van der Waals surface area contributed by atoms with Crippen LogP contribution in [0.15, 0.2) is 109 Å². The number of aromatic nitrogens is 2. The number of aliphatic carboxylic acids is 1. The highest BCUT2D eigenvalue weighted by molar-refractivity contribution is 5.90. The molecule has 0 aliphatic heterocycles. The van der Waals surface area contributed by atoms with E-state index >= 15 is 0 Å². The van der Waals surface area contributed by atoms with Crippen molar-refractivity contribution in [2.24, 2.45) is 0 Å². The Morgan fingerprint density at radius 2 is 1.47 bits per heavy atom. The van der Waals surface area contributed by atoms with Crippen LogP contribution in [0.5, 0.6) is 0 Å². The third-order valence-electron chi connectivity index (χ3n) is 6.25. The Bertz CT molecular complexity index is 1500. The summed E-state index contributed by atoms with van der Waals surface area (Å²) in [7, 11) is 0. The van der Waals surface area contributed by atoms with Gasteiger partial charge in [-0.3, -0.25) is 9.69 Å². The summed E-state index contributed by atoms with van der Waals surface area (Å²) in [5.74, 6) is -0.647. The van der Waals surface area contributed by atoms with E-state index in [0.717, 1.165) is 27.5 Å². The molecule has 36 heavy (non-hydrogen) atoms. The minimum Gasteiger partial charge on any atom is -0.480 e. The Labute approximate surface area is 209 Å². The smallest absolute Gasteiger partial charge is 0.327 e. The van der Waals surface area contributed by atoms with Crippen LogP contribution in [0.1, 0.15) is 11.1 Å². The van der Waals surface area contributed by atoms with Crippen molar-refractivity contribution >= 4 is 29.0 Å². The monoisotopic (exact) mass is 475 g/mol. The molecule has 178 valence electrons. The maximum Gasteiger partial charge on any atom is 0.327 e. The highest BCUT2D eigenvalue weighted by Gasteiger charge is 2.29. The summed E-state index contributed by atoms with van der Waals surface area (Å²) in [6, 6.07) is 34.0. The van der Waals surface area contributed by atoms with Gasteiger partial charge in [-0.15, -0.1) is 0 Å². The number of benzene rings is 4. The van der Waals surface area contributed by atoms with Gasteiger partial charge in [0.15, 0.2) is 0 Å². The number of fused-ring (bicyclic) bond motifs is 1. The van der Waals surface area contributed by atoms with Crippen molar-refractivity contribution < 1.29 is 14.7 Å². The molecule has 0 saturated heterocycles. The Balaban J connectivity index is 1.59. The number of amides is 1. The third kappa shape index (κ3) is 4.88. The molecule has 1 amide bonds. The lowest BCUT2D eigenvalue weighted by molar-refractivity contribution is -0.139. The first-order valence-corrected chi connectivity index (χ1v) is 11.7. The van der Waals surface area contributed by atoms with E-state index in [0.29, 0.717) is 24.5 Å². The fourth-order valence-corrected chi connectivity index (χ4v) is 4.41. The maximum absolute atomic E-state index is 12.4. The summed E-state index contributed by atoms with van der Waals surface area (Å²) in [5, 5.41) is 17.1. The first-order chi connectivity index (χ1) is 17.6. The Kier molecular flexibility index (Phi) is 6.58. The molecule has 1 aromatic heterocycles. The predicted molar refractivity (Wildman–Crippen MR) is 141 cm³/mol. The summed E-state index contributed by atoms with van der Waals surface area (Å²) in [6.45, 7) is 0.395. The second kappa shape index (κ2) is 10.3. The number of carboxylic acids is 1. The van der Waals surface area contributed by atoms with Crippen LogP contribution in [0.2, 0.25) is 0 Å². The second-order valence-electron chi connectivity index (χ2n) is 8.65. The molecule has 1 atom stereocenters. The lowest BCUT2D eigenvalue weighted by atomic mass is 10.0. The molecule has 0 bridgehead atoms. The summed E-state index contributed by atoms with van der Waals surface area (Å²) in [6.07, 6.45) is 0.765. The highest BCUT2D eigenvalue weighted by atomic mass is 16.4. The van der Waals surface area contributed by atoms with E-state index in [4.69, 9.17) is 5.10 Å². The van der Waals surface area contributed by atoms with Crippen molar-refractivity contribution in [3.8, 4) is 11.3 Å². The molecular formula is C30H25N3O3. The van der Waals surface area contributed by atoms with Crippen LogP contribution in [0, 0.1) is 0 Å². The molecule has 0 aliphatic rings. The van der Waals surface area contributed by atoms with Crippen molar-refractivity contribution in [1.29, 1.82) is 0 Å². The molecule has 6 nitrogen and oxygen atoms in total. The largest absolute Gasteiger partial charge is 0.480 e. The topological polar surface area (TPSA) is 75.4 Å². The quantitative estimate of drug-likeness (QED) is 0.289. The van der Waals surface area contributed by atoms with Gasteiger partial charge in [0.1, 0.15) is 11.9 Å². The van der Waals surface area contributed by atoms with E-state index in [9.17, 15) is 14.7 Å². The molecule has 0 unspecified atom stereocenters. The lowest BCUT2D eigenvalue weighted by Gasteiger charge is -2.25. The van der Waals surface area contributed by atoms with Gasteiger partial charge < -0.3 is 5.11 Å². The van der Waals surface area contributed by atoms with Crippen LogP contribution >= 0.6 is 0 Å². The van der Waals surface area contributed by atoms with Gasteiger partial charge in [-0.25, -0.2) is 9.48 Å². The molecule has 0 spiro atoms. The molecule has 1 heterocycles. The van der Waals surface area contributed by atoms with Gasteiger partial charge >= 0.3 is 5.97 Å². The van der Waals surface area contributed by atoms with Gasteiger partial charge in [-0.2, -0.15) is 5.10 Å². The normalized spacial score (nSPS) is 11.8. The van der Waals surface area contributed by atoms with Crippen LogP contribution in [0.4, 0.5) is 5.82 Å². The van der Waals surface area contributed by atoms with E-state index < -0.39 is 12.0 Å². The van der Waals surface area contributed by atoms with E-state index in [1.54, 1.807) is 10.7 Å². The highest BCUT2D eigenvalue weighted by Crippen LogP contribution is 2.29. The average Bonchev–Trinajstić information content (AvgIpc) is 3.32. The fraction of sp³-hybridized carbons (Fsp3) is 0.100. The minimum atomic E-state index is -1.08. The zero-order chi connectivity index (χ0) is 24.9. The predicted octanol–water partition coefficient (Wildman–Crippen LogP) is 5.41. The van der Waals surface area contributed by atoms with Crippen LogP contribution < -0.4 is 4.90 Å². The van der Waals surface area contributed by atoms with Gasteiger partial charge in [0, 0.05) is 18.1 Å². The molecule has 0 radical (unpaired) electrons. The summed E-state index contributed by atoms with van der Waals surface area (Å²) >= 11 is 0. The number of carboxylic acid groups (broad SMARTS) is 1. The SMILES string of the molecule is O=CN(c1cc(-c2ccc3ccccc3c2)nn1Cc1ccccc1)[C@@H](Cc1ccccc1)C(=O)O. The third-order valence-corrected chi connectivity index (χ3v) is 6.25. The molecule has 5 aromatic rings. The van der Waals surface area contributed by atoms with Gasteiger partial charge in [0.25, 0.3) is 0 Å². The average molecular weight is 476 g/mol. The standard InChI is InChI=1S/C30H25N3O3/c34-21-32(28(30(35)36)17-22-9-3-1-4-10-22)29-19-27(31-33(29)20-23-11-5-2-6-12-23)26-16-15-24-13-7-8-14-25(24)18-26/h1-16,18-19,21,28H,17,20H2,(H,35,36)/t28-/m0/s1. The molecule has 0 aliphatic carbocycles. The molecule has 0 saturated carbocycles. The molecule has 1 N–H and O–H groups in total. The van der Waals surface area contributed by atoms with Gasteiger partial charge in [0.2, 0.25) is 6.41 Å². The van der Waals surface area contributed by atoms with Gasteiger partial charge in [-0.05, 0) is 28.0 Å². The Hall–Kier alpha value is -4.71. The number of hydrogen-bond donors (Lipinski definition) is 1. The van der Waals surface area contributed by atoms with Crippen molar-refractivity contribution in [3.05, 3.63) is 120 Å². The summed E-state index contributed by atoms with van der Waals surface area (Å²) in [4.78, 5) is 26.0. The van der Waals surface area contributed by atoms with Gasteiger partial charge in [0.05, 0.1) is 12.2 Å².